The third-order valence-electron chi connectivity index (χ3n) is 2.00. The highest BCUT2D eigenvalue weighted by Gasteiger charge is 2.11. The molecule has 2 aromatic rings. The predicted molar refractivity (Wildman–Crippen MR) is 55.6 cm³/mol. The molecule has 0 aliphatic carbocycles. The van der Waals surface area contributed by atoms with Gasteiger partial charge in [0.1, 0.15) is 5.82 Å². The fourth-order valence-electron chi connectivity index (χ4n) is 1.27. The number of rotatable bonds is 1. The normalized spacial score (nSPS) is 10.3. The molecule has 0 amide bonds. The van der Waals surface area contributed by atoms with Crippen molar-refractivity contribution in [3.8, 4) is 0 Å². The number of benzene rings is 1. The number of carbonyl (C=O) groups excluding carboxylic acids is 1. The van der Waals surface area contributed by atoms with Crippen LogP contribution in [0.5, 0.6) is 0 Å². The van der Waals surface area contributed by atoms with E-state index >= 15 is 0 Å². The molecule has 76 valence electrons. The third kappa shape index (κ3) is 1.92. The first-order valence-corrected chi connectivity index (χ1v) is 4.69. The summed E-state index contributed by atoms with van der Waals surface area (Å²) in [5.41, 5.74) is 0.286. The molecule has 2 rings (SSSR count). The van der Waals surface area contributed by atoms with Crippen molar-refractivity contribution in [2.45, 2.75) is 0 Å². The molecule has 2 nitrogen and oxygen atoms in total. The number of carbonyl (C=O) groups is 1. The molecule has 1 aromatic heterocycles. The van der Waals surface area contributed by atoms with E-state index in [9.17, 15) is 9.18 Å². The molecule has 0 unspecified atom stereocenters. The van der Waals surface area contributed by atoms with Crippen molar-refractivity contribution in [1.29, 1.82) is 0 Å². The first-order valence-electron chi connectivity index (χ1n) is 4.31. The van der Waals surface area contributed by atoms with Gasteiger partial charge in [-0.2, -0.15) is 0 Å². The Kier molecular flexibility index (Phi) is 2.56. The first-order chi connectivity index (χ1) is 7.18. The summed E-state index contributed by atoms with van der Waals surface area (Å²) in [6.07, 6.45) is 3.23. The largest absolute Gasteiger partial charge is 0.291 e. The van der Waals surface area contributed by atoms with Gasteiger partial charge in [0, 0.05) is 12.4 Å². The van der Waals surface area contributed by atoms with Crippen LogP contribution in [-0.4, -0.2) is 10.5 Å². The zero-order valence-corrected chi connectivity index (χ0v) is 8.41. The van der Waals surface area contributed by atoms with E-state index in [4.69, 9.17) is 11.6 Å². The highest BCUT2D eigenvalue weighted by atomic mass is 35.5. The van der Waals surface area contributed by atoms with Crippen LogP contribution >= 0.6 is 11.6 Å². The fourth-order valence-corrected chi connectivity index (χ4v) is 1.52. The smallest absolute Gasteiger partial charge is 0.263 e. The summed E-state index contributed by atoms with van der Waals surface area (Å²) in [6.45, 7) is 0. The number of halogens is 2. The van der Waals surface area contributed by atoms with Crippen LogP contribution in [0, 0.1) is 5.82 Å². The first kappa shape index (κ1) is 9.93. The fraction of sp³-hybridized carbons (Fsp3) is 0. The molecule has 0 saturated carbocycles. The van der Waals surface area contributed by atoms with Crippen LogP contribution in [0.25, 0.3) is 0 Å². The Morgan fingerprint density at radius 3 is 2.53 bits per heavy atom. The molecule has 0 radical (unpaired) electrons. The molecular formula is C11H7ClFNO. The van der Waals surface area contributed by atoms with Gasteiger partial charge in [-0.3, -0.25) is 9.36 Å². The summed E-state index contributed by atoms with van der Waals surface area (Å²) in [7, 11) is 0. The van der Waals surface area contributed by atoms with Gasteiger partial charge in [0.15, 0.2) is 0 Å². The number of hydrogen-bond donors (Lipinski definition) is 0. The summed E-state index contributed by atoms with van der Waals surface area (Å²) < 4.78 is 14.1. The molecule has 1 aromatic carbocycles. The second-order valence-electron chi connectivity index (χ2n) is 3.02. The number of hydrogen-bond acceptors (Lipinski definition) is 1. The standard InChI is InChI=1S/C11H7ClFNO/c12-10-7-8(13)3-4-9(10)11(15)14-5-1-2-6-14/h1-7H. The lowest BCUT2D eigenvalue weighted by molar-refractivity contribution is 0.0960. The second kappa shape index (κ2) is 3.87. The lowest BCUT2D eigenvalue weighted by atomic mass is 10.2. The van der Waals surface area contributed by atoms with Crippen LogP contribution in [0.3, 0.4) is 0 Å². The van der Waals surface area contributed by atoms with E-state index in [2.05, 4.69) is 0 Å². The van der Waals surface area contributed by atoms with Crippen LogP contribution in [0.1, 0.15) is 10.4 Å². The Morgan fingerprint density at radius 2 is 1.93 bits per heavy atom. The molecule has 15 heavy (non-hydrogen) atoms. The molecule has 0 N–H and O–H groups in total. The third-order valence-corrected chi connectivity index (χ3v) is 2.31. The molecule has 0 fully saturated rings. The highest BCUT2D eigenvalue weighted by Crippen LogP contribution is 2.18. The molecule has 0 atom stereocenters. The maximum atomic E-state index is 12.8. The Labute approximate surface area is 90.9 Å². The average Bonchev–Trinajstić information content (AvgIpc) is 2.69. The zero-order chi connectivity index (χ0) is 10.8. The summed E-state index contributed by atoms with van der Waals surface area (Å²) in [6, 6.07) is 7.17. The zero-order valence-electron chi connectivity index (χ0n) is 7.65. The maximum Gasteiger partial charge on any atom is 0.263 e. The second-order valence-corrected chi connectivity index (χ2v) is 3.43. The van der Waals surface area contributed by atoms with Gasteiger partial charge in [0.05, 0.1) is 10.6 Å². The Morgan fingerprint density at radius 1 is 1.27 bits per heavy atom. The van der Waals surface area contributed by atoms with Gasteiger partial charge in [0.2, 0.25) is 0 Å². The SMILES string of the molecule is O=C(c1ccc(F)cc1Cl)n1cccc1. The van der Waals surface area contributed by atoms with Crippen molar-refractivity contribution < 1.29 is 9.18 Å². The molecule has 0 aliphatic heterocycles. The Balaban J connectivity index is 2.42. The van der Waals surface area contributed by atoms with Crippen molar-refractivity contribution in [2.75, 3.05) is 0 Å². The lowest BCUT2D eigenvalue weighted by Gasteiger charge is -2.03. The van der Waals surface area contributed by atoms with E-state index in [1.54, 1.807) is 24.5 Å². The highest BCUT2D eigenvalue weighted by molar-refractivity contribution is 6.33. The number of nitrogens with zero attached hydrogens (tertiary/aromatic N) is 1. The monoisotopic (exact) mass is 223 g/mol. The van der Waals surface area contributed by atoms with Gasteiger partial charge >= 0.3 is 0 Å². The van der Waals surface area contributed by atoms with E-state index in [0.717, 1.165) is 6.07 Å². The molecule has 1 heterocycles. The molecule has 0 saturated heterocycles. The van der Waals surface area contributed by atoms with Crippen molar-refractivity contribution in [1.82, 2.24) is 4.57 Å². The summed E-state index contributed by atoms with van der Waals surface area (Å²) >= 11 is 5.77. The topological polar surface area (TPSA) is 22.0 Å². The Bertz CT molecular complexity index is 493. The Hall–Kier alpha value is -1.61. The molecule has 0 spiro atoms. The maximum absolute atomic E-state index is 12.8. The van der Waals surface area contributed by atoms with Gasteiger partial charge in [-0.15, -0.1) is 0 Å². The van der Waals surface area contributed by atoms with Crippen LogP contribution in [0.2, 0.25) is 5.02 Å². The van der Waals surface area contributed by atoms with Crippen molar-refractivity contribution >= 4 is 17.5 Å². The van der Waals surface area contributed by atoms with Crippen molar-refractivity contribution in [3.05, 3.63) is 59.1 Å². The minimum atomic E-state index is -0.455. The number of aromatic nitrogens is 1. The average molecular weight is 224 g/mol. The minimum Gasteiger partial charge on any atom is -0.291 e. The summed E-state index contributed by atoms with van der Waals surface area (Å²) in [5, 5.41) is 0.119. The molecule has 4 heteroatoms. The molecular weight excluding hydrogens is 217 g/mol. The van der Waals surface area contributed by atoms with Crippen LogP contribution in [-0.2, 0) is 0 Å². The summed E-state index contributed by atoms with van der Waals surface area (Å²) in [4.78, 5) is 11.8. The predicted octanol–water partition coefficient (Wildman–Crippen LogP) is 2.97. The van der Waals surface area contributed by atoms with Gasteiger partial charge in [0.25, 0.3) is 5.91 Å². The van der Waals surface area contributed by atoms with Gasteiger partial charge in [-0.25, -0.2) is 4.39 Å². The van der Waals surface area contributed by atoms with Crippen molar-refractivity contribution in [2.24, 2.45) is 0 Å². The van der Waals surface area contributed by atoms with E-state index in [0.29, 0.717) is 0 Å². The van der Waals surface area contributed by atoms with Gasteiger partial charge < -0.3 is 0 Å². The van der Waals surface area contributed by atoms with E-state index in [1.807, 2.05) is 0 Å². The minimum absolute atomic E-state index is 0.119. The van der Waals surface area contributed by atoms with E-state index < -0.39 is 5.82 Å². The van der Waals surface area contributed by atoms with Crippen molar-refractivity contribution in [3.63, 3.8) is 0 Å². The van der Waals surface area contributed by atoms with E-state index in [1.165, 1.54) is 16.7 Å². The van der Waals surface area contributed by atoms with Gasteiger partial charge in [-0.05, 0) is 30.3 Å². The molecule has 0 aliphatic rings. The van der Waals surface area contributed by atoms with Crippen LogP contribution in [0.15, 0.2) is 42.7 Å². The van der Waals surface area contributed by atoms with Gasteiger partial charge in [-0.1, -0.05) is 11.6 Å². The quantitative estimate of drug-likeness (QED) is 0.729. The van der Waals surface area contributed by atoms with Crippen LogP contribution < -0.4 is 0 Å². The van der Waals surface area contributed by atoms with E-state index in [-0.39, 0.29) is 16.5 Å². The summed E-state index contributed by atoms with van der Waals surface area (Å²) in [5.74, 6) is -0.728. The lowest BCUT2D eigenvalue weighted by Crippen LogP contribution is -2.10. The molecule has 0 bridgehead atoms. The van der Waals surface area contributed by atoms with Crippen LogP contribution in [0.4, 0.5) is 4.39 Å².